The van der Waals surface area contributed by atoms with Crippen LogP contribution < -0.4 is 0 Å². The zero-order valence-electron chi connectivity index (χ0n) is 23.2. The molecule has 3 heterocycles. The summed E-state index contributed by atoms with van der Waals surface area (Å²) in [5.74, 6) is 0.132. The number of carbonyl (C=O) groups is 2. The first kappa shape index (κ1) is 26.0. The van der Waals surface area contributed by atoms with Crippen LogP contribution in [0.15, 0.2) is 48.7 Å². The molecule has 2 aliphatic rings. The normalized spacial score (nSPS) is 16.3. The maximum atomic E-state index is 14.0. The third-order valence-corrected chi connectivity index (χ3v) is 7.64. The highest BCUT2D eigenvalue weighted by atomic mass is 16.6. The summed E-state index contributed by atoms with van der Waals surface area (Å²) in [5, 5.41) is 4.81. The van der Waals surface area contributed by atoms with E-state index >= 15 is 0 Å². The summed E-state index contributed by atoms with van der Waals surface area (Å²) >= 11 is 0. The molecule has 0 bridgehead atoms. The summed E-state index contributed by atoms with van der Waals surface area (Å²) in [6.45, 7) is 12.3. The standard InChI is InChI=1S/C31H38N4O3/c1-21-9-8-10-22(2)27(21)35-28(24-14-16-33(17-15-24)30(37)38-31(3,4)5)26(19-32-35)29(36)34-18-13-23-11-6-7-12-25(23)20-34/h6-12,19,24H,13-18,20H2,1-5H3. The maximum Gasteiger partial charge on any atom is 0.410 e. The summed E-state index contributed by atoms with van der Waals surface area (Å²) in [4.78, 5) is 30.4. The van der Waals surface area contributed by atoms with Crippen LogP contribution in [0.3, 0.4) is 0 Å². The Labute approximate surface area is 225 Å². The second-order valence-corrected chi connectivity index (χ2v) is 11.6. The van der Waals surface area contributed by atoms with Crippen LogP contribution in [-0.2, 0) is 17.7 Å². The Bertz CT molecular complexity index is 1330. The molecule has 0 radical (unpaired) electrons. The van der Waals surface area contributed by atoms with E-state index in [4.69, 9.17) is 9.84 Å². The highest BCUT2D eigenvalue weighted by molar-refractivity contribution is 5.95. The van der Waals surface area contributed by atoms with Gasteiger partial charge in [-0.15, -0.1) is 0 Å². The number of benzene rings is 2. The number of carbonyl (C=O) groups excluding carboxylic acids is 2. The van der Waals surface area contributed by atoms with E-state index in [1.165, 1.54) is 11.1 Å². The number of amides is 2. The van der Waals surface area contributed by atoms with Crippen LogP contribution in [0, 0.1) is 13.8 Å². The van der Waals surface area contributed by atoms with Crippen LogP contribution in [0.1, 0.15) is 77.8 Å². The van der Waals surface area contributed by atoms with Crippen LogP contribution in [0.5, 0.6) is 0 Å². The molecule has 0 spiro atoms. The Kier molecular flexibility index (Phi) is 7.03. The number of aryl methyl sites for hydroxylation is 2. The van der Waals surface area contributed by atoms with Gasteiger partial charge < -0.3 is 14.5 Å². The molecule has 3 aromatic rings. The third-order valence-electron chi connectivity index (χ3n) is 7.64. The highest BCUT2D eigenvalue weighted by Gasteiger charge is 2.34. The van der Waals surface area contributed by atoms with Crippen molar-refractivity contribution in [3.05, 3.63) is 82.2 Å². The predicted molar refractivity (Wildman–Crippen MR) is 148 cm³/mol. The van der Waals surface area contributed by atoms with Gasteiger partial charge in [0.25, 0.3) is 5.91 Å². The smallest absolute Gasteiger partial charge is 0.410 e. The number of fused-ring (bicyclic) bond motifs is 1. The Hall–Kier alpha value is -3.61. The molecule has 1 aromatic heterocycles. The summed E-state index contributed by atoms with van der Waals surface area (Å²) in [7, 11) is 0. The minimum absolute atomic E-state index is 0.0292. The van der Waals surface area contributed by atoms with E-state index in [1.54, 1.807) is 11.1 Å². The number of piperidine rings is 1. The molecule has 1 saturated heterocycles. The number of hydrogen-bond acceptors (Lipinski definition) is 4. The molecule has 38 heavy (non-hydrogen) atoms. The van der Waals surface area contributed by atoms with Gasteiger partial charge in [0.05, 0.1) is 23.1 Å². The van der Waals surface area contributed by atoms with Crippen molar-refractivity contribution in [2.75, 3.05) is 19.6 Å². The molecular formula is C31H38N4O3. The Morgan fingerprint density at radius 1 is 0.895 bits per heavy atom. The van der Waals surface area contributed by atoms with Crippen LogP contribution in [0.25, 0.3) is 5.69 Å². The minimum Gasteiger partial charge on any atom is -0.444 e. The maximum absolute atomic E-state index is 14.0. The summed E-state index contributed by atoms with van der Waals surface area (Å²) in [5.41, 5.74) is 6.89. The van der Waals surface area contributed by atoms with Gasteiger partial charge in [-0.3, -0.25) is 4.79 Å². The lowest BCUT2D eigenvalue weighted by molar-refractivity contribution is 0.0203. The molecule has 0 atom stereocenters. The highest BCUT2D eigenvalue weighted by Crippen LogP contribution is 2.35. The zero-order chi connectivity index (χ0) is 27.0. The molecule has 1 fully saturated rings. The van der Waals surface area contributed by atoms with Gasteiger partial charge in [-0.05, 0) is 76.1 Å². The van der Waals surface area contributed by atoms with Gasteiger partial charge in [0.2, 0.25) is 0 Å². The van der Waals surface area contributed by atoms with Crippen molar-refractivity contribution < 1.29 is 14.3 Å². The quantitative estimate of drug-likeness (QED) is 0.443. The second kappa shape index (κ2) is 10.3. The molecule has 2 aromatic carbocycles. The number of hydrogen-bond donors (Lipinski definition) is 0. The number of rotatable bonds is 3. The van der Waals surface area contributed by atoms with Gasteiger partial charge in [0.15, 0.2) is 0 Å². The van der Waals surface area contributed by atoms with Gasteiger partial charge in [0, 0.05) is 32.1 Å². The van der Waals surface area contributed by atoms with Crippen molar-refractivity contribution in [3.63, 3.8) is 0 Å². The fourth-order valence-corrected chi connectivity index (χ4v) is 5.73. The van der Waals surface area contributed by atoms with Crippen molar-refractivity contribution in [1.82, 2.24) is 19.6 Å². The summed E-state index contributed by atoms with van der Waals surface area (Å²) < 4.78 is 7.60. The van der Waals surface area contributed by atoms with E-state index in [-0.39, 0.29) is 17.9 Å². The van der Waals surface area contributed by atoms with Crippen molar-refractivity contribution in [3.8, 4) is 5.69 Å². The Morgan fingerprint density at radius 2 is 1.55 bits per heavy atom. The SMILES string of the molecule is Cc1cccc(C)c1-n1ncc(C(=O)N2CCc3ccccc3C2)c1C1CCN(C(=O)OC(C)(C)C)CC1. The summed E-state index contributed by atoms with van der Waals surface area (Å²) in [6.07, 6.45) is 3.83. The van der Waals surface area contributed by atoms with E-state index in [0.29, 0.717) is 31.7 Å². The topological polar surface area (TPSA) is 67.7 Å². The lowest BCUT2D eigenvalue weighted by Gasteiger charge is -2.34. The van der Waals surface area contributed by atoms with E-state index in [1.807, 2.05) is 42.5 Å². The number of likely N-dealkylation sites (tertiary alicyclic amines) is 1. The van der Waals surface area contributed by atoms with Gasteiger partial charge in [-0.25, -0.2) is 9.48 Å². The van der Waals surface area contributed by atoms with Crippen molar-refractivity contribution in [1.29, 1.82) is 0 Å². The van der Waals surface area contributed by atoms with Gasteiger partial charge >= 0.3 is 6.09 Å². The van der Waals surface area contributed by atoms with Crippen LogP contribution >= 0.6 is 0 Å². The first-order valence-corrected chi connectivity index (χ1v) is 13.6. The largest absolute Gasteiger partial charge is 0.444 e. The molecule has 0 unspecified atom stereocenters. The lowest BCUT2D eigenvalue weighted by atomic mass is 9.90. The van der Waals surface area contributed by atoms with E-state index in [9.17, 15) is 9.59 Å². The Balaban J connectivity index is 1.46. The second-order valence-electron chi connectivity index (χ2n) is 11.6. The molecule has 5 rings (SSSR count). The number of ether oxygens (including phenoxy) is 1. The number of para-hydroxylation sites is 1. The fourth-order valence-electron chi connectivity index (χ4n) is 5.73. The Morgan fingerprint density at radius 3 is 2.21 bits per heavy atom. The third kappa shape index (κ3) is 5.19. The van der Waals surface area contributed by atoms with E-state index < -0.39 is 5.60 Å². The molecule has 7 heteroatoms. The van der Waals surface area contributed by atoms with Crippen molar-refractivity contribution in [2.45, 2.75) is 71.9 Å². The van der Waals surface area contributed by atoms with Crippen LogP contribution in [-0.4, -0.2) is 56.8 Å². The van der Waals surface area contributed by atoms with Gasteiger partial charge in [-0.2, -0.15) is 5.10 Å². The van der Waals surface area contributed by atoms with Crippen molar-refractivity contribution >= 4 is 12.0 Å². The first-order chi connectivity index (χ1) is 18.1. The van der Waals surface area contributed by atoms with Gasteiger partial charge in [0.1, 0.15) is 5.60 Å². The molecule has 2 amide bonds. The average molecular weight is 515 g/mol. The molecule has 0 saturated carbocycles. The molecular weight excluding hydrogens is 476 g/mol. The average Bonchev–Trinajstić information content (AvgIpc) is 3.31. The predicted octanol–water partition coefficient (Wildman–Crippen LogP) is 5.80. The summed E-state index contributed by atoms with van der Waals surface area (Å²) in [6, 6.07) is 14.6. The van der Waals surface area contributed by atoms with Gasteiger partial charge in [-0.1, -0.05) is 42.5 Å². The first-order valence-electron chi connectivity index (χ1n) is 13.6. The zero-order valence-corrected chi connectivity index (χ0v) is 23.2. The molecule has 2 aliphatic heterocycles. The molecule has 7 nitrogen and oxygen atoms in total. The van der Waals surface area contributed by atoms with Crippen LogP contribution in [0.4, 0.5) is 4.79 Å². The fraction of sp³-hybridized carbons (Fsp3) is 0.452. The molecule has 200 valence electrons. The number of aromatic nitrogens is 2. The lowest BCUT2D eigenvalue weighted by Crippen LogP contribution is -2.42. The minimum atomic E-state index is -0.526. The van der Waals surface area contributed by atoms with Crippen molar-refractivity contribution in [2.24, 2.45) is 0 Å². The van der Waals surface area contributed by atoms with E-state index in [2.05, 4.69) is 44.2 Å². The van der Waals surface area contributed by atoms with Crippen LogP contribution in [0.2, 0.25) is 0 Å². The monoisotopic (exact) mass is 514 g/mol. The molecule has 0 N–H and O–H groups in total. The van der Waals surface area contributed by atoms with E-state index in [0.717, 1.165) is 41.8 Å². The number of nitrogens with zero attached hydrogens (tertiary/aromatic N) is 4. The molecule has 0 aliphatic carbocycles.